The van der Waals surface area contributed by atoms with Crippen molar-refractivity contribution < 1.29 is 80.2 Å². The third-order valence-electron chi connectivity index (χ3n) is 16.9. The summed E-state index contributed by atoms with van der Waals surface area (Å²) in [6, 6.07) is 0. The van der Waals surface area contributed by atoms with Gasteiger partial charge in [0.05, 0.1) is 26.4 Å². The van der Waals surface area contributed by atoms with Crippen LogP contribution >= 0.6 is 15.6 Å². The lowest BCUT2D eigenvalue weighted by atomic mass is 10.0. The van der Waals surface area contributed by atoms with E-state index in [1.807, 2.05) is 0 Å². The number of ether oxygens (including phenoxy) is 4. The average Bonchev–Trinajstić information content (AvgIpc) is 1.22. The van der Waals surface area contributed by atoms with E-state index < -0.39 is 97.5 Å². The van der Waals surface area contributed by atoms with E-state index in [1.165, 1.54) is 173 Å². The van der Waals surface area contributed by atoms with Gasteiger partial charge in [-0.15, -0.1) is 0 Å². The number of phosphoric acid groups is 2. The van der Waals surface area contributed by atoms with Crippen LogP contribution in [0.1, 0.15) is 374 Å². The Labute approximate surface area is 573 Å². The quantitative estimate of drug-likeness (QED) is 0.0169. The molecule has 94 heavy (non-hydrogen) atoms. The molecule has 0 rings (SSSR count). The monoisotopic (exact) mass is 1380 g/mol. The van der Waals surface area contributed by atoms with Crippen LogP contribution < -0.4 is 0 Å². The standard InChI is InChI=1S/C75H142O17P2/c1-5-9-13-17-21-25-29-32-34-37-40-43-47-51-55-59-72(77)85-65-70(91-74(79)61-57-53-49-45-39-28-24-20-16-12-8-4)67-89-93(81,82)87-63-69(76)64-88-94(83,84)90-68-71(92-75(80)62-58-54-50-46-42-36-31-27-23-19-15-11-7-3)66-86-73(78)60-56-52-48-44-41-38-35-33-30-26-22-18-14-10-6-2/h27,31,33,35,69-71,76H,5-26,28-30,32,34,36-68H2,1-4H3,(H,81,82)(H,83,84)/b31-27-,35-33-. The van der Waals surface area contributed by atoms with E-state index in [-0.39, 0.29) is 25.7 Å². The number of unbranched alkanes of at least 4 members (excludes halogenated alkanes) is 44. The molecule has 0 bridgehead atoms. The Hall–Kier alpha value is -2.46. The lowest BCUT2D eigenvalue weighted by molar-refractivity contribution is -0.161. The topological polar surface area (TPSA) is 237 Å². The highest BCUT2D eigenvalue weighted by atomic mass is 31.2. The van der Waals surface area contributed by atoms with Gasteiger partial charge in [-0.05, 0) is 77.0 Å². The SMILES string of the molecule is CCCCCC/C=C\CCCCCCCC(=O)OC(COC(=O)CCCCCCC/C=C\CCCCCCCC)COP(=O)(O)OCC(O)COP(=O)(O)OCC(COC(=O)CCCCCCCCCCCCCCCCC)OC(=O)CCCCCCCCCCCCC. The maximum Gasteiger partial charge on any atom is 0.472 e. The summed E-state index contributed by atoms with van der Waals surface area (Å²) in [6.45, 7) is 4.91. The highest BCUT2D eigenvalue weighted by Gasteiger charge is 2.30. The molecule has 0 aromatic rings. The van der Waals surface area contributed by atoms with Crippen LogP contribution in [0, 0.1) is 0 Å². The highest BCUT2D eigenvalue weighted by molar-refractivity contribution is 7.47. The van der Waals surface area contributed by atoms with Crippen molar-refractivity contribution in [2.75, 3.05) is 39.6 Å². The summed E-state index contributed by atoms with van der Waals surface area (Å²) in [6.07, 6.45) is 61.7. The molecule has 0 aliphatic rings. The zero-order chi connectivity index (χ0) is 69.0. The Balaban J connectivity index is 5.27. The van der Waals surface area contributed by atoms with Gasteiger partial charge in [-0.2, -0.15) is 0 Å². The van der Waals surface area contributed by atoms with Crippen molar-refractivity contribution >= 4 is 39.5 Å². The van der Waals surface area contributed by atoms with Crippen molar-refractivity contribution in [3.05, 3.63) is 24.3 Å². The van der Waals surface area contributed by atoms with Crippen molar-refractivity contribution in [3.63, 3.8) is 0 Å². The van der Waals surface area contributed by atoms with Crippen molar-refractivity contribution in [1.82, 2.24) is 0 Å². The lowest BCUT2D eigenvalue weighted by Gasteiger charge is -2.21. The molecule has 3 N–H and O–H groups in total. The molecule has 0 aliphatic heterocycles. The molecular weight excluding hydrogens is 1230 g/mol. The summed E-state index contributed by atoms with van der Waals surface area (Å²) in [5.41, 5.74) is 0. The van der Waals surface area contributed by atoms with Crippen molar-refractivity contribution in [3.8, 4) is 0 Å². The minimum atomic E-state index is -4.96. The number of aliphatic hydroxyl groups excluding tert-OH is 1. The van der Waals surface area contributed by atoms with Gasteiger partial charge in [-0.25, -0.2) is 9.13 Å². The van der Waals surface area contributed by atoms with Gasteiger partial charge in [0, 0.05) is 25.7 Å². The Morgan fingerprint density at radius 3 is 0.745 bits per heavy atom. The number of rotatable bonds is 74. The van der Waals surface area contributed by atoms with Crippen LogP contribution in [-0.4, -0.2) is 96.7 Å². The summed E-state index contributed by atoms with van der Waals surface area (Å²) in [7, 11) is -9.92. The van der Waals surface area contributed by atoms with Gasteiger partial charge in [0.2, 0.25) is 0 Å². The first-order valence-electron chi connectivity index (χ1n) is 38.6. The van der Waals surface area contributed by atoms with Crippen LogP contribution in [-0.2, 0) is 65.4 Å². The number of esters is 4. The first kappa shape index (κ1) is 91.5. The fourth-order valence-electron chi connectivity index (χ4n) is 11.0. The third kappa shape index (κ3) is 68.1. The van der Waals surface area contributed by atoms with Crippen LogP contribution in [0.2, 0.25) is 0 Å². The molecule has 0 aromatic carbocycles. The van der Waals surface area contributed by atoms with Crippen molar-refractivity contribution in [2.45, 2.75) is 393 Å². The molecule has 0 aliphatic carbocycles. The molecule has 5 unspecified atom stereocenters. The Bertz CT molecular complexity index is 1880. The molecule has 17 nitrogen and oxygen atoms in total. The zero-order valence-electron chi connectivity index (χ0n) is 60.4. The first-order valence-corrected chi connectivity index (χ1v) is 41.6. The number of phosphoric ester groups is 2. The van der Waals surface area contributed by atoms with E-state index in [4.69, 9.17) is 37.0 Å². The number of hydrogen-bond acceptors (Lipinski definition) is 15. The lowest BCUT2D eigenvalue weighted by Crippen LogP contribution is -2.30. The molecular formula is C75H142O17P2. The summed E-state index contributed by atoms with van der Waals surface area (Å²) in [5.74, 6) is -2.15. The van der Waals surface area contributed by atoms with Gasteiger partial charge in [0.1, 0.15) is 19.3 Å². The van der Waals surface area contributed by atoms with Gasteiger partial charge in [-0.1, -0.05) is 296 Å². The molecule has 0 aromatic heterocycles. The van der Waals surface area contributed by atoms with Crippen LogP contribution in [0.5, 0.6) is 0 Å². The summed E-state index contributed by atoms with van der Waals surface area (Å²) < 4.78 is 68.4. The van der Waals surface area contributed by atoms with Gasteiger partial charge in [-0.3, -0.25) is 37.3 Å². The highest BCUT2D eigenvalue weighted by Crippen LogP contribution is 2.45. The van der Waals surface area contributed by atoms with Gasteiger partial charge < -0.3 is 33.8 Å². The molecule has 554 valence electrons. The summed E-state index contributed by atoms with van der Waals surface area (Å²) in [5, 5.41) is 10.6. The molecule has 0 fully saturated rings. The number of carbonyl (C=O) groups excluding carboxylic acids is 4. The number of allylic oxidation sites excluding steroid dienone is 4. The second-order valence-corrected chi connectivity index (χ2v) is 29.2. The van der Waals surface area contributed by atoms with Gasteiger partial charge in [0.25, 0.3) is 0 Å². The fourth-order valence-corrected chi connectivity index (χ4v) is 12.6. The van der Waals surface area contributed by atoms with Crippen LogP contribution in [0.4, 0.5) is 0 Å². The Morgan fingerprint density at radius 1 is 0.287 bits per heavy atom. The predicted octanol–water partition coefficient (Wildman–Crippen LogP) is 21.8. The van der Waals surface area contributed by atoms with Crippen molar-refractivity contribution in [2.24, 2.45) is 0 Å². The largest absolute Gasteiger partial charge is 0.472 e. The number of aliphatic hydroxyl groups is 1. The summed E-state index contributed by atoms with van der Waals surface area (Å²) in [4.78, 5) is 72.7. The third-order valence-corrected chi connectivity index (χ3v) is 18.8. The average molecular weight is 1380 g/mol. The second kappa shape index (κ2) is 69.0. The van der Waals surface area contributed by atoms with Gasteiger partial charge >= 0.3 is 39.5 Å². The van der Waals surface area contributed by atoms with E-state index in [0.29, 0.717) is 25.7 Å². The maximum atomic E-state index is 13.1. The molecule has 5 atom stereocenters. The molecule has 0 spiro atoms. The molecule has 0 heterocycles. The smallest absolute Gasteiger partial charge is 0.462 e. The van der Waals surface area contributed by atoms with Gasteiger partial charge in [0.15, 0.2) is 12.2 Å². The molecule has 0 radical (unpaired) electrons. The van der Waals surface area contributed by atoms with Crippen LogP contribution in [0.3, 0.4) is 0 Å². The fraction of sp³-hybridized carbons (Fsp3) is 0.893. The van der Waals surface area contributed by atoms with E-state index in [2.05, 4.69) is 52.0 Å². The summed E-state index contributed by atoms with van der Waals surface area (Å²) >= 11 is 0. The minimum absolute atomic E-state index is 0.0906. The maximum absolute atomic E-state index is 13.1. The predicted molar refractivity (Wildman–Crippen MR) is 381 cm³/mol. The van der Waals surface area contributed by atoms with Crippen LogP contribution in [0.15, 0.2) is 24.3 Å². The Kier molecular flexibility index (Phi) is 67.2. The normalized spacial score (nSPS) is 14.1. The zero-order valence-corrected chi connectivity index (χ0v) is 62.2. The number of carbonyl (C=O) groups is 4. The van der Waals surface area contributed by atoms with Crippen LogP contribution in [0.25, 0.3) is 0 Å². The first-order chi connectivity index (χ1) is 45.7. The van der Waals surface area contributed by atoms with E-state index in [0.717, 1.165) is 122 Å². The van der Waals surface area contributed by atoms with E-state index in [1.54, 1.807) is 0 Å². The Morgan fingerprint density at radius 2 is 0.489 bits per heavy atom. The molecule has 19 heteroatoms. The van der Waals surface area contributed by atoms with Crippen molar-refractivity contribution in [1.29, 1.82) is 0 Å². The molecule has 0 amide bonds. The van der Waals surface area contributed by atoms with E-state index >= 15 is 0 Å². The minimum Gasteiger partial charge on any atom is -0.462 e. The number of hydrogen-bond donors (Lipinski definition) is 3. The molecule has 0 saturated heterocycles. The molecule has 0 saturated carbocycles. The second-order valence-electron chi connectivity index (χ2n) is 26.3. The van der Waals surface area contributed by atoms with E-state index in [9.17, 15) is 43.2 Å².